The number of carbonyl (C=O) groups is 2. The minimum absolute atomic E-state index is 0.0478. The normalized spacial score (nSPS) is 16.3. The van der Waals surface area contributed by atoms with Crippen molar-refractivity contribution in [3.05, 3.63) is 53.1 Å². The predicted molar refractivity (Wildman–Crippen MR) is 123 cm³/mol. The molecule has 2 heterocycles. The molecule has 2 amide bonds. The third-order valence-corrected chi connectivity index (χ3v) is 6.04. The van der Waals surface area contributed by atoms with Crippen LogP contribution in [-0.4, -0.2) is 49.5 Å². The average molecular weight is 442 g/mol. The zero-order chi connectivity index (χ0) is 21.6. The van der Waals surface area contributed by atoms with Gasteiger partial charge in [0.25, 0.3) is 11.8 Å². The monoisotopic (exact) mass is 441 g/mol. The highest BCUT2D eigenvalue weighted by molar-refractivity contribution is 6.30. The lowest BCUT2D eigenvalue weighted by molar-refractivity contribution is -0.118. The maximum Gasteiger partial charge on any atom is 0.262 e. The molecule has 164 valence electrons. The number of likely N-dealkylation sites (tertiary alicyclic amines) is 1. The zero-order valence-electron chi connectivity index (χ0n) is 17.6. The lowest BCUT2D eigenvalue weighted by Crippen LogP contribution is -2.34. The number of rotatable bonds is 6. The van der Waals surface area contributed by atoms with Crippen LogP contribution in [0.15, 0.2) is 42.5 Å². The third-order valence-electron chi connectivity index (χ3n) is 5.78. The van der Waals surface area contributed by atoms with Gasteiger partial charge >= 0.3 is 0 Å². The molecule has 0 bridgehead atoms. The van der Waals surface area contributed by atoms with E-state index in [2.05, 4.69) is 10.2 Å². The van der Waals surface area contributed by atoms with Crippen LogP contribution in [0.25, 0.3) is 0 Å². The molecule has 0 aliphatic carbocycles. The van der Waals surface area contributed by atoms with Gasteiger partial charge in [0.15, 0.2) is 6.61 Å². The highest BCUT2D eigenvalue weighted by Gasteiger charge is 2.25. The first-order valence-corrected chi connectivity index (χ1v) is 11.3. The molecular weight excluding hydrogens is 414 g/mol. The number of anilines is 2. The van der Waals surface area contributed by atoms with Gasteiger partial charge in [-0.3, -0.25) is 9.59 Å². The molecule has 1 N–H and O–H groups in total. The summed E-state index contributed by atoms with van der Waals surface area (Å²) in [5.74, 6) is 0.344. The van der Waals surface area contributed by atoms with Gasteiger partial charge in [0, 0.05) is 42.6 Å². The molecule has 0 saturated carbocycles. The van der Waals surface area contributed by atoms with Crippen LogP contribution in [-0.2, 0) is 4.79 Å². The maximum absolute atomic E-state index is 13.2. The van der Waals surface area contributed by atoms with Gasteiger partial charge in [0.1, 0.15) is 5.75 Å². The van der Waals surface area contributed by atoms with E-state index < -0.39 is 0 Å². The molecule has 0 aromatic heterocycles. The molecule has 2 aliphatic rings. The second kappa shape index (κ2) is 10.1. The fourth-order valence-corrected chi connectivity index (χ4v) is 4.29. The number of ether oxygens (including phenoxy) is 1. The van der Waals surface area contributed by atoms with Crippen LogP contribution in [0.2, 0.25) is 5.02 Å². The number of hydrogen-bond acceptors (Lipinski definition) is 4. The number of halogens is 1. The molecule has 7 heteroatoms. The minimum Gasteiger partial charge on any atom is -0.484 e. The summed E-state index contributed by atoms with van der Waals surface area (Å²) in [6.07, 6.45) is 5.59. The fourth-order valence-electron chi connectivity index (χ4n) is 4.16. The van der Waals surface area contributed by atoms with Crippen molar-refractivity contribution in [1.82, 2.24) is 4.90 Å². The molecule has 2 fully saturated rings. The van der Waals surface area contributed by atoms with E-state index in [-0.39, 0.29) is 18.4 Å². The first-order valence-electron chi connectivity index (χ1n) is 11.0. The van der Waals surface area contributed by atoms with Gasteiger partial charge in [-0.05, 0) is 74.6 Å². The number of nitrogens with one attached hydrogen (secondary N) is 1. The van der Waals surface area contributed by atoms with Crippen LogP contribution < -0.4 is 15.0 Å². The number of amides is 2. The number of carbonyl (C=O) groups excluding carboxylic acids is 2. The van der Waals surface area contributed by atoms with E-state index in [9.17, 15) is 9.59 Å². The Bertz CT molecular complexity index is 920. The number of piperidine rings is 1. The summed E-state index contributed by atoms with van der Waals surface area (Å²) in [5, 5.41) is 3.47. The largest absolute Gasteiger partial charge is 0.484 e. The average Bonchev–Trinajstić information content (AvgIpc) is 3.34. The van der Waals surface area contributed by atoms with Gasteiger partial charge in [-0.1, -0.05) is 11.6 Å². The number of benzene rings is 2. The fraction of sp³-hybridized carbons (Fsp3) is 0.417. The van der Waals surface area contributed by atoms with Gasteiger partial charge in [0.2, 0.25) is 0 Å². The number of hydrogen-bond donors (Lipinski definition) is 1. The standard InChI is InChI=1S/C24H28ClN3O3/c25-18-6-9-20(10-7-18)31-17-23(29)26-19-8-11-22(27-12-2-1-3-13-27)21(16-19)24(30)28-14-4-5-15-28/h6-11,16H,1-5,12-15,17H2,(H,26,29). The van der Waals surface area contributed by atoms with Crippen molar-refractivity contribution >= 4 is 34.8 Å². The Morgan fingerprint density at radius 3 is 2.29 bits per heavy atom. The van der Waals surface area contributed by atoms with Crippen LogP contribution in [0.5, 0.6) is 5.75 Å². The SMILES string of the molecule is O=C(COc1ccc(Cl)cc1)Nc1ccc(N2CCCCC2)c(C(=O)N2CCCC2)c1. The van der Waals surface area contributed by atoms with Crippen molar-refractivity contribution in [2.75, 3.05) is 43.0 Å². The summed E-state index contributed by atoms with van der Waals surface area (Å²) in [6.45, 7) is 3.39. The Balaban J connectivity index is 1.48. The van der Waals surface area contributed by atoms with E-state index in [1.54, 1.807) is 24.3 Å². The van der Waals surface area contributed by atoms with Crippen molar-refractivity contribution < 1.29 is 14.3 Å². The maximum atomic E-state index is 13.2. The topological polar surface area (TPSA) is 61.9 Å². The summed E-state index contributed by atoms with van der Waals surface area (Å²) in [7, 11) is 0. The van der Waals surface area contributed by atoms with Crippen molar-refractivity contribution in [2.24, 2.45) is 0 Å². The van der Waals surface area contributed by atoms with Gasteiger partial charge in [-0.15, -0.1) is 0 Å². The predicted octanol–water partition coefficient (Wildman–Crippen LogP) is 4.58. The van der Waals surface area contributed by atoms with E-state index >= 15 is 0 Å². The van der Waals surface area contributed by atoms with Gasteiger partial charge < -0.3 is 19.9 Å². The van der Waals surface area contributed by atoms with Crippen LogP contribution in [0.1, 0.15) is 42.5 Å². The number of nitrogens with zero attached hydrogens (tertiary/aromatic N) is 2. The van der Waals surface area contributed by atoms with Crippen molar-refractivity contribution in [1.29, 1.82) is 0 Å². The van der Waals surface area contributed by atoms with E-state index in [0.29, 0.717) is 22.0 Å². The van der Waals surface area contributed by atoms with E-state index in [4.69, 9.17) is 16.3 Å². The minimum atomic E-state index is -0.278. The van der Waals surface area contributed by atoms with Crippen molar-refractivity contribution in [3.8, 4) is 5.75 Å². The summed E-state index contributed by atoms with van der Waals surface area (Å²) in [4.78, 5) is 29.9. The summed E-state index contributed by atoms with van der Waals surface area (Å²) in [6, 6.07) is 12.5. The third kappa shape index (κ3) is 5.50. The molecule has 2 aromatic rings. The molecule has 4 rings (SSSR count). The molecule has 2 aliphatic heterocycles. The quantitative estimate of drug-likeness (QED) is 0.712. The van der Waals surface area contributed by atoms with E-state index in [1.807, 2.05) is 23.1 Å². The Labute approximate surface area is 188 Å². The lowest BCUT2D eigenvalue weighted by atomic mass is 10.1. The smallest absolute Gasteiger partial charge is 0.262 e. The van der Waals surface area contributed by atoms with Crippen LogP contribution in [0.3, 0.4) is 0 Å². The van der Waals surface area contributed by atoms with Crippen molar-refractivity contribution in [2.45, 2.75) is 32.1 Å². The molecule has 2 saturated heterocycles. The first-order chi connectivity index (χ1) is 15.1. The molecule has 31 heavy (non-hydrogen) atoms. The Morgan fingerprint density at radius 2 is 1.58 bits per heavy atom. The van der Waals surface area contributed by atoms with Gasteiger partial charge in [0.05, 0.1) is 5.56 Å². The Hall–Kier alpha value is -2.73. The molecule has 6 nitrogen and oxygen atoms in total. The molecular formula is C24H28ClN3O3. The Kier molecular flexibility index (Phi) is 6.97. The molecule has 0 radical (unpaired) electrons. The van der Waals surface area contributed by atoms with E-state index in [1.165, 1.54) is 6.42 Å². The lowest BCUT2D eigenvalue weighted by Gasteiger charge is -2.31. The van der Waals surface area contributed by atoms with E-state index in [0.717, 1.165) is 57.5 Å². The first kappa shape index (κ1) is 21.5. The zero-order valence-corrected chi connectivity index (χ0v) is 18.4. The highest BCUT2D eigenvalue weighted by Crippen LogP contribution is 2.29. The van der Waals surface area contributed by atoms with Crippen LogP contribution >= 0.6 is 11.6 Å². The summed E-state index contributed by atoms with van der Waals surface area (Å²) >= 11 is 5.87. The Morgan fingerprint density at radius 1 is 0.903 bits per heavy atom. The van der Waals surface area contributed by atoms with Gasteiger partial charge in [-0.2, -0.15) is 0 Å². The molecule has 2 aromatic carbocycles. The summed E-state index contributed by atoms with van der Waals surface area (Å²) in [5.41, 5.74) is 2.24. The highest BCUT2D eigenvalue weighted by atomic mass is 35.5. The molecule has 0 atom stereocenters. The van der Waals surface area contributed by atoms with Gasteiger partial charge in [-0.25, -0.2) is 0 Å². The van der Waals surface area contributed by atoms with Crippen LogP contribution in [0, 0.1) is 0 Å². The van der Waals surface area contributed by atoms with Crippen molar-refractivity contribution in [3.63, 3.8) is 0 Å². The molecule has 0 unspecified atom stereocenters. The second-order valence-electron chi connectivity index (χ2n) is 8.07. The van der Waals surface area contributed by atoms with Crippen LogP contribution in [0.4, 0.5) is 11.4 Å². The molecule has 0 spiro atoms. The summed E-state index contributed by atoms with van der Waals surface area (Å²) < 4.78 is 5.52. The second-order valence-corrected chi connectivity index (χ2v) is 8.51.